The number of carboxylic acid groups (broad SMARTS) is 1. The van der Waals surface area contributed by atoms with E-state index in [-0.39, 0.29) is 46.3 Å². The summed E-state index contributed by atoms with van der Waals surface area (Å²) in [6.07, 6.45) is 0. The van der Waals surface area contributed by atoms with Gasteiger partial charge < -0.3 is 10.6 Å². The molecular formula is C2H6NdO3. The quantitative estimate of drug-likeness (QED) is 0.587. The Bertz CT molecular complexity index is 31.8. The summed E-state index contributed by atoms with van der Waals surface area (Å²) in [4.78, 5) is 9.00. The van der Waals surface area contributed by atoms with Crippen LogP contribution < -0.4 is 0 Å². The van der Waals surface area contributed by atoms with Gasteiger partial charge in [0.05, 0.1) is 0 Å². The number of carboxylic acids is 1. The fourth-order valence-electron chi connectivity index (χ4n) is 0. The van der Waals surface area contributed by atoms with Gasteiger partial charge in [0, 0.05) is 47.8 Å². The summed E-state index contributed by atoms with van der Waals surface area (Å²) < 4.78 is 0. The van der Waals surface area contributed by atoms with Gasteiger partial charge in [-0.1, -0.05) is 0 Å². The molecule has 6 heavy (non-hydrogen) atoms. The topological polar surface area (TPSA) is 68.8 Å². The van der Waals surface area contributed by atoms with E-state index in [1.165, 1.54) is 0 Å². The molecule has 0 fully saturated rings. The van der Waals surface area contributed by atoms with Crippen LogP contribution in [-0.4, -0.2) is 16.6 Å². The van der Waals surface area contributed by atoms with Crippen LogP contribution in [0.3, 0.4) is 0 Å². The summed E-state index contributed by atoms with van der Waals surface area (Å²) in [5.41, 5.74) is 0. The molecule has 0 atom stereocenters. The van der Waals surface area contributed by atoms with Crippen molar-refractivity contribution in [3.8, 4) is 0 Å². The van der Waals surface area contributed by atoms with Crippen LogP contribution in [0.2, 0.25) is 0 Å². The van der Waals surface area contributed by atoms with Crippen molar-refractivity contribution in [3.63, 3.8) is 0 Å². The Hall–Kier alpha value is 0.781. The fourth-order valence-corrected chi connectivity index (χ4v) is 0. The second-order valence-corrected chi connectivity index (χ2v) is 0.519. The molecule has 0 saturated carbocycles. The molecule has 0 aromatic rings. The van der Waals surface area contributed by atoms with Crippen LogP contribution >= 0.6 is 0 Å². The molecule has 0 heterocycles. The zero-order valence-corrected chi connectivity index (χ0v) is 6.56. The van der Waals surface area contributed by atoms with Crippen molar-refractivity contribution in [2.24, 2.45) is 0 Å². The standard InChI is InChI=1S/C2H4O2.Nd.H2O/c1-2(3)4;;/h1H3,(H,3,4);;1H2. The van der Waals surface area contributed by atoms with Gasteiger partial charge in [-0.05, 0) is 0 Å². The predicted molar refractivity (Wildman–Crippen MR) is 16.9 cm³/mol. The average Bonchev–Trinajstić information content (AvgIpc) is 0.811. The van der Waals surface area contributed by atoms with Gasteiger partial charge in [-0.3, -0.25) is 4.79 Å². The number of hydrogen-bond acceptors (Lipinski definition) is 1. The first-order valence-electron chi connectivity index (χ1n) is 0.928. The molecule has 0 amide bonds. The normalized spacial score (nSPS) is 4.17. The Morgan fingerprint density at radius 3 is 1.67 bits per heavy atom. The molecule has 0 bridgehead atoms. The fraction of sp³-hybridized carbons (Fsp3) is 0.500. The van der Waals surface area contributed by atoms with Gasteiger partial charge in [-0.25, -0.2) is 0 Å². The molecule has 0 radical (unpaired) electrons. The van der Waals surface area contributed by atoms with Crippen LogP contribution in [-0.2, 0) is 4.79 Å². The number of carbonyl (C=O) groups is 1. The molecule has 0 spiro atoms. The third kappa shape index (κ3) is 112. The van der Waals surface area contributed by atoms with Gasteiger partial charge in [-0.2, -0.15) is 0 Å². The van der Waals surface area contributed by atoms with E-state index in [0.717, 1.165) is 6.92 Å². The Labute approximate surface area is 68.6 Å². The first kappa shape index (κ1) is 15.9. The molecule has 0 aliphatic rings. The summed E-state index contributed by atoms with van der Waals surface area (Å²) in [5.74, 6) is -0.833. The van der Waals surface area contributed by atoms with E-state index < -0.39 is 5.97 Å². The SMILES string of the molecule is CC(=O)O.O.[Nd]. The van der Waals surface area contributed by atoms with Crippen molar-refractivity contribution in [2.75, 3.05) is 0 Å². The predicted octanol–water partition coefficient (Wildman–Crippen LogP) is -0.734. The molecule has 0 unspecified atom stereocenters. The van der Waals surface area contributed by atoms with Gasteiger partial charge in [0.25, 0.3) is 5.97 Å². The molecule has 0 saturated heterocycles. The molecular weight excluding hydrogens is 216 g/mol. The third-order valence-electron chi connectivity index (χ3n) is 0. The second-order valence-electron chi connectivity index (χ2n) is 0.519. The average molecular weight is 222 g/mol. The van der Waals surface area contributed by atoms with Crippen LogP contribution in [0.25, 0.3) is 0 Å². The number of hydrogen-bond donors (Lipinski definition) is 1. The largest absolute Gasteiger partial charge is 0.481 e. The van der Waals surface area contributed by atoms with E-state index in [9.17, 15) is 0 Å². The van der Waals surface area contributed by atoms with E-state index in [4.69, 9.17) is 9.90 Å². The van der Waals surface area contributed by atoms with Crippen molar-refractivity contribution < 1.29 is 56.2 Å². The van der Waals surface area contributed by atoms with E-state index >= 15 is 0 Å². The van der Waals surface area contributed by atoms with Crippen LogP contribution in [0.4, 0.5) is 0 Å². The Kier molecular flexibility index (Phi) is 24.4. The van der Waals surface area contributed by atoms with Gasteiger partial charge >= 0.3 is 0 Å². The number of rotatable bonds is 0. The maximum Gasteiger partial charge on any atom is 0.300 e. The molecule has 0 aliphatic carbocycles. The first-order valence-corrected chi connectivity index (χ1v) is 0.928. The minimum atomic E-state index is -0.833. The molecule has 3 N–H and O–H groups in total. The minimum Gasteiger partial charge on any atom is -0.481 e. The molecule has 3 nitrogen and oxygen atoms in total. The Morgan fingerprint density at radius 2 is 1.67 bits per heavy atom. The first-order chi connectivity index (χ1) is 1.73. The van der Waals surface area contributed by atoms with Crippen LogP contribution in [0.15, 0.2) is 0 Å². The van der Waals surface area contributed by atoms with Crippen molar-refractivity contribution >= 4 is 5.97 Å². The molecule has 36 valence electrons. The molecule has 0 aromatic carbocycles. The second kappa shape index (κ2) is 9.24. The van der Waals surface area contributed by atoms with E-state index in [2.05, 4.69) is 0 Å². The monoisotopic (exact) mass is 220 g/mol. The van der Waals surface area contributed by atoms with Crippen molar-refractivity contribution in [2.45, 2.75) is 6.92 Å². The molecule has 0 aromatic heterocycles. The maximum absolute atomic E-state index is 9.00. The molecule has 0 aliphatic heterocycles. The van der Waals surface area contributed by atoms with Crippen LogP contribution in [0.5, 0.6) is 0 Å². The Balaban J connectivity index is -0.0000000450. The Morgan fingerprint density at radius 1 is 1.67 bits per heavy atom. The van der Waals surface area contributed by atoms with Crippen molar-refractivity contribution in [1.82, 2.24) is 0 Å². The van der Waals surface area contributed by atoms with E-state index in [1.54, 1.807) is 0 Å². The van der Waals surface area contributed by atoms with Crippen LogP contribution in [0.1, 0.15) is 6.92 Å². The van der Waals surface area contributed by atoms with Gasteiger partial charge in [0.2, 0.25) is 0 Å². The van der Waals surface area contributed by atoms with Crippen molar-refractivity contribution in [1.29, 1.82) is 0 Å². The summed E-state index contributed by atoms with van der Waals surface area (Å²) in [6.45, 7) is 1.08. The van der Waals surface area contributed by atoms with Gasteiger partial charge in [0.1, 0.15) is 0 Å². The van der Waals surface area contributed by atoms with Crippen LogP contribution in [0, 0.1) is 40.8 Å². The van der Waals surface area contributed by atoms with Crippen molar-refractivity contribution in [3.05, 3.63) is 0 Å². The van der Waals surface area contributed by atoms with E-state index in [1.807, 2.05) is 0 Å². The molecule has 0 rings (SSSR count). The van der Waals surface area contributed by atoms with Gasteiger partial charge in [-0.15, -0.1) is 0 Å². The maximum atomic E-state index is 9.00. The summed E-state index contributed by atoms with van der Waals surface area (Å²) in [7, 11) is 0. The smallest absolute Gasteiger partial charge is 0.300 e. The van der Waals surface area contributed by atoms with Gasteiger partial charge in [0.15, 0.2) is 0 Å². The summed E-state index contributed by atoms with van der Waals surface area (Å²) >= 11 is 0. The molecule has 4 heteroatoms. The zero-order valence-electron chi connectivity index (χ0n) is 3.36. The van der Waals surface area contributed by atoms with E-state index in [0.29, 0.717) is 0 Å². The zero-order chi connectivity index (χ0) is 3.58. The summed E-state index contributed by atoms with van der Waals surface area (Å²) in [6, 6.07) is 0. The third-order valence-corrected chi connectivity index (χ3v) is 0. The summed E-state index contributed by atoms with van der Waals surface area (Å²) in [5, 5.41) is 7.42. The number of aliphatic carboxylic acids is 1. The minimum absolute atomic E-state index is 0.